The van der Waals surface area contributed by atoms with E-state index in [-0.39, 0.29) is 58.4 Å². The van der Waals surface area contributed by atoms with Crippen LogP contribution in [0.1, 0.15) is 11.1 Å². The molecule has 1 atom stereocenters. The van der Waals surface area contributed by atoms with Crippen molar-refractivity contribution in [2.75, 3.05) is 0 Å². The minimum atomic E-state index is -0.377. The normalized spacial score (nSPS) is 16.0. The van der Waals surface area contributed by atoms with Crippen LogP contribution in [0.3, 0.4) is 0 Å². The van der Waals surface area contributed by atoms with Crippen molar-refractivity contribution in [3.05, 3.63) is 77.6 Å². The Bertz CT molecular complexity index is 1040. The molecule has 28 heavy (non-hydrogen) atoms. The molecule has 3 aromatic carbocycles. The third-order valence-corrected chi connectivity index (χ3v) is 5.40. The van der Waals surface area contributed by atoms with Gasteiger partial charge in [0.1, 0.15) is 18.2 Å². The Hall–Kier alpha value is -1.86. The van der Waals surface area contributed by atoms with Crippen LogP contribution in [0.2, 0.25) is 0 Å². The number of hydrogen-bond donors (Lipinski definition) is 1. The van der Waals surface area contributed by atoms with E-state index in [4.69, 9.17) is 4.74 Å². The van der Waals surface area contributed by atoms with E-state index in [0.29, 0.717) is 17.7 Å². The predicted molar refractivity (Wildman–Crippen MR) is 110 cm³/mol. The first-order valence-corrected chi connectivity index (χ1v) is 9.37. The summed E-state index contributed by atoms with van der Waals surface area (Å²) in [5.74, 6) is 0.145. The number of carbonyl (C=O) groups is 2. The first-order valence-electron chi connectivity index (χ1n) is 8.49. The molecule has 1 saturated heterocycles. The molecule has 1 aliphatic heterocycles. The average Bonchev–Trinajstić information content (AvgIpc) is 2.98. The summed E-state index contributed by atoms with van der Waals surface area (Å²) in [4.78, 5) is 23.0. The number of amides is 2. The summed E-state index contributed by atoms with van der Waals surface area (Å²) in [7, 11) is 0. The molecule has 0 spiro atoms. The van der Waals surface area contributed by atoms with E-state index in [2.05, 4.69) is 5.32 Å². The molecule has 1 fully saturated rings. The number of hydrogen-bond acceptors (Lipinski definition) is 4. The number of benzene rings is 3. The summed E-state index contributed by atoms with van der Waals surface area (Å²) < 4.78 is 19.4. The summed E-state index contributed by atoms with van der Waals surface area (Å²) >= 11 is 1.03. The Kier molecular flexibility index (Phi) is 6.78. The summed E-state index contributed by atoms with van der Waals surface area (Å²) in [5, 5.41) is 3.64. The Morgan fingerprint density at radius 2 is 1.75 bits per heavy atom. The zero-order chi connectivity index (χ0) is 18.8. The molecule has 7 heteroatoms. The van der Waals surface area contributed by atoms with Crippen LogP contribution in [-0.2, 0) is 17.8 Å². The number of imide groups is 1. The number of fused-ring (bicyclic) bond motifs is 1. The van der Waals surface area contributed by atoms with Crippen LogP contribution < -0.4 is 10.1 Å². The second kappa shape index (κ2) is 9.09. The SMILES string of the molecule is O=C1NC(=O)C(Cc2ccc3cc(OCc4ccccc4F)ccc3c2)S1.[NaH]. The molecule has 0 saturated carbocycles. The van der Waals surface area contributed by atoms with Gasteiger partial charge < -0.3 is 4.74 Å². The molecule has 2 amide bonds. The summed E-state index contributed by atoms with van der Waals surface area (Å²) in [5.41, 5.74) is 1.50. The van der Waals surface area contributed by atoms with Gasteiger partial charge in [-0.25, -0.2) is 4.39 Å². The predicted octanol–water partition coefficient (Wildman–Crippen LogP) is 3.80. The van der Waals surface area contributed by atoms with Gasteiger partial charge in [0, 0.05) is 5.56 Å². The van der Waals surface area contributed by atoms with E-state index in [9.17, 15) is 14.0 Å². The summed E-state index contributed by atoms with van der Waals surface area (Å²) in [6, 6.07) is 18.1. The monoisotopic (exact) mass is 405 g/mol. The Morgan fingerprint density at radius 3 is 2.50 bits per heavy atom. The van der Waals surface area contributed by atoms with Crippen LogP contribution in [-0.4, -0.2) is 46.0 Å². The molecule has 1 unspecified atom stereocenters. The fraction of sp³-hybridized carbons (Fsp3) is 0.143. The average molecular weight is 405 g/mol. The quantitative estimate of drug-likeness (QED) is 0.656. The fourth-order valence-electron chi connectivity index (χ4n) is 3.01. The Morgan fingerprint density at radius 1 is 1.00 bits per heavy atom. The molecule has 138 valence electrons. The molecule has 4 nitrogen and oxygen atoms in total. The second-order valence-electron chi connectivity index (χ2n) is 6.31. The first-order chi connectivity index (χ1) is 13.1. The number of carbonyl (C=O) groups excluding carboxylic acids is 2. The third kappa shape index (κ3) is 4.75. The number of halogens is 1. The van der Waals surface area contributed by atoms with Crippen molar-refractivity contribution in [2.24, 2.45) is 0 Å². The van der Waals surface area contributed by atoms with E-state index in [1.54, 1.807) is 18.2 Å². The fourth-order valence-corrected chi connectivity index (χ4v) is 3.87. The van der Waals surface area contributed by atoms with Gasteiger partial charge in [-0.2, -0.15) is 0 Å². The van der Waals surface area contributed by atoms with Crippen LogP contribution in [0.25, 0.3) is 10.8 Å². The van der Waals surface area contributed by atoms with Crippen molar-refractivity contribution in [2.45, 2.75) is 18.3 Å². The molecular formula is C21H17FNNaO3S. The summed E-state index contributed by atoms with van der Waals surface area (Å²) in [6.07, 6.45) is 0.504. The summed E-state index contributed by atoms with van der Waals surface area (Å²) in [6.45, 7) is 0.165. The van der Waals surface area contributed by atoms with E-state index in [1.165, 1.54) is 6.07 Å². The van der Waals surface area contributed by atoms with Crippen LogP contribution in [0.5, 0.6) is 5.75 Å². The van der Waals surface area contributed by atoms with Crippen molar-refractivity contribution < 1.29 is 18.7 Å². The van der Waals surface area contributed by atoms with Gasteiger partial charge in [0.25, 0.3) is 5.24 Å². The molecule has 0 aliphatic carbocycles. The van der Waals surface area contributed by atoms with Crippen molar-refractivity contribution in [3.8, 4) is 5.75 Å². The molecule has 1 heterocycles. The molecule has 0 radical (unpaired) electrons. The van der Waals surface area contributed by atoms with Crippen molar-refractivity contribution in [3.63, 3.8) is 0 Å². The van der Waals surface area contributed by atoms with E-state index >= 15 is 0 Å². The van der Waals surface area contributed by atoms with Crippen LogP contribution in [0, 0.1) is 5.82 Å². The first kappa shape index (κ1) is 20.9. The zero-order valence-electron chi connectivity index (χ0n) is 14.3. The molecule has 1 N–H and O–H groups in total. The van der Waals surface area contributed by atoms with Gasteiger partial charge in [-0.05, 0) is 41.0 Å². The van der Waals surface area contributed by atoms with Crippen molar-refractivity contribution in [1.29, 1.82) is 0 Å². The molecule has 4 rings (SSSR count). The van der Waals surface area contributed by atoms with Crippen LogP contribution in [0.15, 0.2) is 60.7 Å². The number of ether oxygens (including phenoxy) is 1. The minimum absolute atomic E-state index is 0. The standard InChI is InChI=1S/C21H16FNO3S.Na.H/c22-18-4-2-1-3-16(18)12-26-17-8-7-14-9-13(5-6-15(14)11-17)10-19-20(24)23-21(25)27-19;;/h1-9,11,19H,10,12H2,(H,23,24,25);;. The number of rotatable bonds is 5. The molecule has 0 aromatic heterocycles. The van der Waals surface area contributed by atoms with E-state index < -0.39 is 0 Å². The maximum atomic E-state index is 13.7. The van der Waals surface area contributed by atoms with Crippen molar-refractivity contribution >= 4 is 63.2 Å². The van der Waals surface area contributed by atoms with E-state index in [0.717, 1.165) is 28.1 Å². The Labute approximate surface area is 188 Å². The van der Waals surface area contributed by atoms with Gasteiger partial charge in [0.15, 0.2) is 0 Å². The Balaban J connectivity index is 0.00000225. The zero-order valence-corrected chi connectivity index (χ0v) is 15.1. The molecule has 1 aliphatic rings. The van der Waals surface area contributed by atoms with Gasteiger partial charge in [-0.15, -0.1) is 0 Å². The van der Waals surface area contributed by atoms with Gasteiger partial charge in [-0.3, -0.25) is 14.9 Å². The molecule has 3 aromatic rings. The third-order valence-electron chi connectivity index (χ3n) is 4.42. The topological polar surface area (TPSA) is 55.4 Å². The molecular weight excluding hydrogens is 388 g/mol. The maximum absolute atomic E-state index is 13.7. The number of thioether (sulfide) groups is 1. The second-order valence-corrected chi connectivity index (χ2v) is 7.49. The van der Waals surface area contributed by atoms with Gasteiger partial charge in [0.05, 0.1) is 5.25 Å². The van der Waals surface area contributed by atoms with Crippen LogP contribution >= 0.6 is 11.8 Å². The molecule has 0 bridgehead atoms. The van der Waals surface area contributed by atoms with E-state index in [1.807, 2.05) is 36.4 Å². The van der Waals surface area contributed by atoms with Gasteiger partial charge in [0.2, 0.25) is 5.91 Å². The van der Waals surface area contributed by atoms with Gasteiger partial charge >= 0.3 is 29.6 Å². The van der Waals surface area contributed by atoms with Gasteiger partial charge in [-0.1, -0.05) is 54.2 Å². The van der Waals surface area contributed by atoms with Crippen LogP contribution in [0.4, 0.5) is 9.18 Å². The van der Waals surface area contributed by atoms with Crippen molar-refractivity contribution in [1.82, 2.24) is 5.32 Å². The number of nitrogens with one attached hydrogen (secondary N) is 1.